The predicted octanol–water partition coefficient (Wildman–Crippen LogP) is 1.99. The molecule has 1 saturated heterocycles. The van der Waals surface area contributed by atoms with Gasteiger partial charge < -0.3 is 10.0 Å². The third-order valence-corrected chi connectivity index (χ3v) is 3.98. The van der Waals surface area contributed by atoms with E-state index in [4.69, 9.17) is 5.11 Å². The monoisotopic (exact) mass is 248 g/mol. The Morgan fingerprint density at radius 1 is 1.35 bits per heavy atom. The van der Waals surface area contributed by atoms with Crippen molar-refractivity contribution in [3.63, 3.8) is 0 Å². The van der Waals surface area contributed by atoms with E-state index in [9.17, 15) is 5.26 Å². The van der Waals surface area contributed by atoms with Crippen LogP contribution in [0.3, 0.4) is 0 Å². The van der Waals surface area contributed by atoms with E-state index in [-0.39, 0.29) is 6.61 Å². The SMILES string of the molecule is N#Cc1cc(CO)ccc1N1CCCSCC1. The number of nitriles is 1. The molecule has 0 amide bonds. The molecule has 1 aliphatic rings. The molecule has 0 saturated carbocycles. The van der Waals surface area contributed by atoms with Crippen molar-refractivity contribution in [2.24, 2.45) is 0 Å². The number of aliphatic hydroxyl groups excluding tert-OH is 1. The standard InChI is InChI=1S/C13H16N2OS/c14-9-12-8-11(10-16)2-3-13(12)15-4-1-6-17-7-5-15/h2-3,8,16H,1,4-7,10H2. The average molecular weight is 248 g/mol. The second kappa shape index (κ2) is 5.95. The summed E-state index contributed by atoms with van der Waals surface area (Å²) in [5.74, 6) is 2.32. The third kappa shape index (κ3) is 2.93. The van der Waals surface area contributed by atoms with Crippen molar-refractivity contribution in [3.05, 3.63) is 29.3 Å². The van der Waals surface area contributed by atoms with Gasteiger partial charge in [-0.1, -0.05) is 6.07 Å². The lowest BCUT2D eigenvalue weighted by molar-refractivity contribution is 0.282. The Balaban J connectivity index is 2.27. The van der Waals surface area contributed by atoms with Crippen LogP contribution in [0.4, 0.5) is 5.69 Å². The topological polar surface area (TPSA) is 47.3 Å². The number of hydrogen-bond donors (Lipinski definition) is 1. The van der Waals surface area contributed by atoms with Crippen LogP contribution in [0.15, 0.2) is 18.2 Å². The molecule has 0 spiro atoms. The van der Waals surface area contributed by atoms with Crippen LogP contribution in [-0.2, 0) is 6.61 Å². The van der Waals surface area contributed by atoms with Crippen LogP contribution < -0.4 is 4.90 Å². The molecule has 4 heteroatoms. The van der Waals surface area contributed by atoms with E-state index < -0.39 is 0 Å². The summed E-state index contributed by atoms with van der Waals surface area (Å²) in [5, 5.41) is 18.3. The molecule has 0 aliphatic carbocycles. The van der Waals surface area contributed by atoms with Crippen LogP contribution in [0.1, 0.15) is 17.5 Å². The summed E-state index contributed by atoms with van der Waals surface area (Å²) in [4.78, 5) is 2.28. The fraction of sp³-hybridized carbons (Fsp3) is 0.462. The van der Waals surface area contributed by atoms with Gasteiger partial charge in [0, 0.05) is 18.8 Å². The molecule has 1 aliphatic heterocycles. The van der Waals surface area contributed by atoms with Gasteiger partial charge in [0.1, 0.15) is 6.07 Å². The Hall–Kier alpha value is -1.18. The zero-order valence-corrected chi connectivity index (χ0v) is 10.5. The zero-order valence-electron chi connectivity index (χ0n) is 9.72. The van der Waals surface area contributed by atoms with Gasteiger partial charge in [-0.25, -0.2) is 0 Å². The molecule has 0 radical (unpaired) electrons. The summed E-state index contributed by atoms with van der Waals surface area (Å²) in [7, 11) is 0. The number of aliphatic hydroxyl groups is 1. The minimum atomic E-state index is -0.00912. The highest BCUT2D eigenvalue weighted by atomic mass is 32.2. The summed E-state index contributed by atoms with van der Waals surface area (Å²) in [5.41, 5.74) is 2.48. The average Bonchev–Trinajstić information content (AvgIpc) is 2.66. The molecule has 2 rings (SSSR count). The van der Waals surface area contributed by atoms with E-state index >= 15 is 0 Å². The quantitative estimate of drug-likeness (QED) is 0.869. The van der Waals surface area contributed by atoms with Gasteiger partial charge in [-0.15, -0.1) is 0 Å². The first-order valence-electron chi connectivity index (χ1n) is 5.81. The van der Waals surface area contributed by atoms with Gasteiger partial charge in [-0.05, 0) is 29.9 Å². The largest absolute Gasteiger partial charge is 0.392 e. The van der Waals surface area contributed by atoms with Crippen molar-refractivity contribution in [2.75, 3.05) is 29.5 Å². The van der Waals surface area contributed by atoms with Gasteiger partial charge in [0.05, 0.1) is 17.9 Å². The molecule has 1 N–H and O–H groups in total. The normalized spacial score (nSPS) is 16.4. The highest BCUT2D eigenvalue weighted by Gasteiger charge is 2.13. The third-order valence-electron chi connectivity index (χ3n) is 2.93. The Morgan fingerprint density at radius 2 is 2.24 bits per heavy atom. The maximum Gasteiger partial charge on any atom is 0.101 e. The molecule has 0 atom stereocenters. The summed E-state index contributed by atoms with van der Waals surface area (Å²) in [6.07, 6.45) is 1.16. The minimum Gasteiger partial charge on any atom is -0.392 e. The first-order valence-corrected chi connectivity index (χ1v) is 6.97. The number of benzene rings is 1. The van der Waals surface area contributed by atoms with E-state index in [1.54, 1.807) is 6.07 Å². The lowest BCUT2D eigenvalue weighted by Crippen LogP contribution is -2.26. The van der Waals surface area contributed by atoms with Gasteiger partial charge in [0.2, 0.25) is 0 Å². The number of nitrogens with zero attached hydrogens (tertiary/aromatic N) is 2. The first-order chi connectivity index (χ1) is 8.35. The van der Waals surface area contributed by atoms with E-state index in [0.29, 0.717) is 5.56 Å². The van der Waals surface area contributed by atoms with Gasteiger partial charge in [-0.3, -0.25) is 0 Å². The molecule has 0 unspecified atom stereocenters. The van der Waals surface area contributed by atoms with Crippen LogP contribution in [0.2, 0.25) is 0 Å². The summed E-state index contributed by atoms with van der Waals surface area (Å²) in [6, 6.07) is 7.87. The smallest absolute Gasteiger partial charge is 0.101 e. The lowest BCUT2D eigenvalue weighted by Gasteiger charge is -2.23. The maximum atomic E-state index is 9.18. The number of anilines is 1. The maximum absolute atomic E-state index is 9.18. The fourth-order valence-corrected chi connectivity index (χ4v) is 2.92. The molecule has 0 bridgehead atoms. The highest BCUT2D eigenvalue weighted by Crippen LogP contribution is 2.24. The lowest BCUT2D eigenvalue weighted by atomic mass is 10.1. The van der Waals surface area contributed by atoms with Crippen LogP contribution in [0, 0.1) is 11.3 Å². The molecule has 3 nitrogen and oxygen atoms in total. The first kappa shape index (κ1) is 12.3. The molecule has 1 aromatic rings. The second-order valence-electron chi connectivity index (χ2n) is 4.07. The Kier molecular flexibility index (Phi) is 4.29. The number of hydrogen-bond acceptors (Lipinski definition) is 4. The van der Waals surface area contributed by atoms with Crippen LogP contribution in [0.5, 0.6) is 0 Å². The molecule has 90 valence electrons. The molecule has 1 aromatic carbocycles. The van der Waals surface area contributed by atoms with Crippen LogP contribution >= 0.6 is 11.8 Å². The van der Waals surface area contributed by atoms with Crippen LogP contribution in [0.25, 0.3) is 0 Å². The van der Waals surface area contributed by atoms with Crippen molar-refractivity contribution in [1.82, 2.24) is 0 Å². The van der Waals surface area contributed by atoms with Crippen molar-refractivity contribution < 1.29 is 5.11 Å². The van der Waals surface area contributed by atoms with Crippen molar-refractivity contribution in [3.8, 4) is 6.07 Å². The van der Waals surface area contributed by atoms with E-state index in [1.165, 1.54) is 5.75 Å². The van der Waals surface area contributed by atoms with Crippen molar-refractivity contribution >= 4 is 17.4 Å². The fourth-order valence-electron chi connectivity index (χ4n) is 2.03. The number of rotatable bonds is 2. The van der Waals surface area contributed by atoms with Gasteiger partial charge in [-0.2, -0.15) is 17.0 Å². The Morgan fingerprint density at radius 3 is 3.00 bits per heavy atom. The zero-order chi connectivity index (χ0) is 12.1. The van der Waals surface area contributed by atoms with Gasteiger partial charge in [0.15, 0.2) is 0 Å². The molecular formula is C13H16N2OS. The molecule has 17 heavy (non-hydrogen) atoms. The van der Waals surface area contributed by atoms with Gasteiger partial charge >= 0.3 is 0 Å². The summed E-state index contributed by atoms with van der Waals surface area (Å²) in [6.45, 7) is 2.00. The predicted molar refractivity (Wildman–Crippen MR) is 71.2 cm³/mol. The van der Waals surface area contributed by atoms with Crippen LogP contribution in [-0.4, -0.2) is 29.7 Å². The second-order valence-corrected chi connectivity index (χ2v) is 5.30. The summed E-state index contributed by atoms with van der Waals surface area (Å²) < 4.78 is 0. The minimum absolute atomic E-state index is 0.00912. The van der Waals surface area contributed by atoms with E-state index in [2.05, 4.69) is 11.0 Å². The van der Waals surface area contributed by atoms with E-state index in [0.717, 1.165) is 36.5 Å². The van der Waals surface area contributed by atoms with Crippen molar-refractivity contribution in [2.45, 2.75) is 13.0 Å². The Labute approximate surface area is 106 Å². The summed E-state index contributed by atoms with van der Waals surface area (Å²) >= 11 is 1.97. The van der Waals surface area contributed by atoms with E-state index in [1.807, 2.05) is 23.9 Å². The molecule has 1 heterocycles. The molecule has 0 aromatic heterocycles. The van der Waals surface area contributed by atoms with Crippen molar-refractivity contribution in [1.29, 1.82) is 5.26 Å². The highest BCUT2D eigenvalue weighted by molar-refractivity contribution is 7.99. The van der Waals surface area contributed by atoms with Gasteiger partial charge in [0.25, 0.3) is 0 Å². The Bertz CT molecular complexity index is 420. The molecular weight excluding hydrogens is 232 g/mol. The molecule has 1 fully saturated rings. The number of thioether (sulfide) groups is 1.